The van der Waals surface area contributed by atoms with Gasteiger partial charge in [-0.25, -0.2) is 0 Å². The number of nitrogens with zero attached hydrogens (tertiary/aromatic N) is 3. The highest BCUT2D eigenvalue weighted by atomic mass is 35.5. The Morgan fingerprint density at radius 3 is 2.42 bits per heavy atom. The monoisotopic (exact) mass is 337 g/mol. The van der Waals surface area contributed by atoms with Crippen molar-refractivity contribution in [1.29, 1.82) is 0 Å². The summed E-state index contributed by atoms with van der Waals surface area (Å²) >= 11 is 6.31. The fraction of sp³-hybridized carbons (Fsp3) is 0.250. The van der Waals surface area contributed by atoms with Crippen LogP contribution in [-0.2, 0) is 6.54 Å². The van der Waals surface area contributed by atoms with Crippen molar-refractivity contribution in [1.82, 2.24) is 9.88 Å². The number of anilines is 1. The zero-order valence-electron chi connectivity index (χ0n) is 13.5. The third kappa shape index (κ3) is 3.23. The van der Waals surface area contributed by atoms with E-state index in [1.54, 1.807) is 0 Å². The highest BCUT2D eigenvalue weighted by Crippen LogP contribution is 2.26. The molecule has 0 amide bonds. The minimum atomic E-state index is 0.835. The SMILES string of the molecule is Clc1ccccc1N1CCN(Cc2ccc3ccccc3n2)CC1. The normalized spacial score (nSPS) is 15.8. The number of benzene rings is 2. The van der Waals surface area contributed by atoms with E-state index in [0.717, 1.165) is 54.6 Å². The Morgan fingerprint density at radius 1 is 0.833 bits per heavy atom. The summed E-state index contributed by atoms with van der Waals surface area (Å²) < 4.78 is 0. The minimum absolute atomic E-state index is 0.835. The van der Waals surface area contributed by atoms with Crippen LogP contribution in [0, 0.1) is 0 Å². The van der Waals surface area contributed by atoms with Gasteiger partial charge in [-0.3, -0.25) is 9.88 Å². The standard InChI is InChI=1S/C20H20ClN3/c21-18-6-2-4-8-20(18)24-13-11-23(12-14-24)15-17-10-9-16-5-1-3-7-19(16)22-17/h1-10H,11-15H2. The van der Waals surface area contributed by atoms with Gasteiger partial charge in [0.2, 0.25) is 0 Å². The summed E-state index contributed by atoms with van der Waals surface area (Å²) in [6, 6.07) is 20.7. The van der Waals surface area contributed by atoms with Gasteiger partial charge in [0.05, 0.1) is 21.9 Å². The molecule has 1 fully saturated rings. The number of piperazine rings is 1. The van der Waals surface area contributed by atoms with Crippen LogP contribution in [0.1, 0.15) is 5.69 Å². The van der Waals surface area contributed by atoms with E-state index in [2.05, 4.69) is 46.2 Å². The van der Waals surface area contributed by atoms with Crippen LogP contribution in [0.4, 0.5) is 5.69 Å². The molecule has 0 radical (unpaired) electrons. The smallest absolute Gasteiger partial charge is 0.0705 e. The van der Waals surface area contributed by atoms with Crippen molar-refractivity contribution >= 4 is 28.2 Å². The number of para-hydroxylation sites is 2. The summed E-state index contributed by atoms with van der Waals surface area (Å²) in [6.07, 6.45) is 0. The van der Waals surface area contributed by atoms with E-state index in [1.165, 1.54) is 5.39 Å². The molecule has 3 aromatic rings. The van der Waals surface area contributed by atoms with Gasteiger partial charge in [-0.1, -0.05) is 48.0 Å². The Morgan fingerprint density at radius 2 is 1.58 bits per heavy atom. The fourth-order valence-corrected chi connectivity index (χ4v) is 3.54. The molecule has 0 atom stereocenters. The molecule has 2 aromatic carbocycles. The molecule has 0 saturated carbocycles. The lowest BCUT2D eigenvalue weighted by atomic mass is 10.2. The van der Waals surface area contributed by atoms with Crippen LogP contribution in [-0.4, -0.2) is 36.1 Å². The molecule has 122 valence electrons. The molecular formula is C20H20ClN3. The summed E-state index contributed by atoms with van der Waals surface area (Å²) in [4.78, 5) is 9.61. The molecular weight excluding hydrogens is 318 g/mol. The van der Waals surface area contributed by atoms with E-state index in [-0.39, 0.29) is 0 Å². The zero-order valence-corrected chi connectivity index (χ0v) is 14.3. The van der Waals surface area contributed by atoms with Gasteiger partial charge in [0.1, 0.15) is 0 Å². The van der Waals surface area contributed by atoms with Gasteiger partial charge < -0.3 is 4.90 Å². The molecule has 4 heteroatoms. The first kappa shape index (κ1) is 15.4. The number of rotatable bonds is 3. The fourth-order valence-electron chi connectivity index (χ4n) is 3.28. The molecule has 1 aliphatic heterocycles. The maximum absolute atomic E-state index is 6.31. The number of fused-ring (bicyclic) bond motifs is 1. The summed E-state index contributed by atoms with van der Waals surface area (Å²) in [5, 5.41) is 2.03. The van der Waals surface area contributed by atoms with E-state index >= 15 is 0 Å². The Balaban J connectivity index is 1.41. The first-order valence-corrected chi connectivity index (χ1v) is 8.74. The van der Waals surface area contributed by atoms with Gasteiger partial charge in [0.25, 0.3) is 0 Å². The van der Waals surface area contributed by atoms with Gasteiger partial charge in [-0.15, -0.1) is 0 Å². The topological polar surface area (TPSA) is 19.4 Å². The van der Waals surface area contributed by atoms with E-state index in [1.807, 2.05) is 24.3 Å². The molecule has 24 heavy (non-hydrogen) atoms. The van der Waals surface area contributed by atoms with Crippen molar-refractivity contribution in [3.05, 3.63) is 71.4 Å². The van der Waals surface area contributed by atoms with Crippen LogP contribution in [0.3, 0.4) is 0 Å². The van der Waals surface area contributed by atoms with Crippen molar-refractivity contribution < 1.29 is 0 Å². The average molecular weight is 338 g/mol. The molecule has 3 nitrogen and oxygen atoms in total. The predicted octanol–water partition coefficient (Wildman–Crippen LogP) is 4.21. The van der Waals surface area contributed by atoms with E-state index < -0.39 is 0 Å². The van der Waals surface area contributed by atoms with Crippen LogP contribution >= 0.6 is 11.6 Å². The number of hydrogen-bond donors (Lipinski definition) is 0. The van der Waals surface area contributed by atoms with E-state index in [0.29, 0.717) is 0 Å². The quantitative estimate of drug-likeness (QED) is 0.713. The average Bonchev–Trinajstić information content (AvgIpc) is 2.63. The van der Waals surface area contributed by atoms with E-state index in [9.17, 15) is 0 Å². The second kappa shape index (κ2) is 6.80. The molecule has 1 aliphatic rings. The molecule has 0 aliphatic carbocycles. The molecule has 1 aromatic heterocycles. The van der Waals surface area contributed by atoms with E-state index in [4.69, 9.17) is 16.6 Å². The number of halogens is 1. The van der Waals surface area contributed by atoms with Crippen LogP contribution in [0.5, 0.6) is 0 Å². The summed E-state index contributed by atoms with van der Waals surface area (Å²) in [7, 11) is 0. The van der Waals surface area contributed by atoms with Crippen molar-refractivity contribution in [3.8, 4) is 0 Å². The van der Waals surface area contributed by atoms with Gasteiger partial charge in [-0.05, 0) is 24.3 Å². The molecule has 4 rings (SSSR count). The van der Waals surface area contributed by atoms with Crippen LogP contribution in [0.15, 0.2) is 60.7 Å². The lowest BCUT2D eigenvalue weighted by molar-refractivity contribution is 0.247. The first-order valence-electron chi connectivity index (χ1n) is 8.36. The van der Waals surface area contributed by atoms with Crippen molar-refractivity contribution in [2.45, 2.75) is 6.54 Å². The van der Waals surface area contributed by atoms with Gasteiger partial charge in [0.15, 0.2) is 0 Å². The summed E-state index contributed by atoms with van der Waals surface area (Å²) in [6.45, 7) is 4.95. The maximum atomic E-state index is 6.31. The van der Waals surface area contributed by atoms with Crippen molar-refractivity contribution in [3.63, 3.8) is 0 Å². The number of hydrogen-bond acceptors (Lipinski definition) is 3. The predicted molar refractivity (Wildman–Crippen MR) is 101 cm³/mol. The molecule has 0 spiro atoms. The third-order valence-electron chi connectivity index (χ3n) is 4.61. The summed E-state index contributed by atoms with van der Waals surface area (Å²) in [5.74, 6) is 0. The van der Waals surface area contributed by atoms with Crippen molar-refractivity contribution in [2.24, 2.45) is 0 Å². The summed E-state index contributed by atoms with van der Waals surface area (Å²) in [5.41, 5.74) is 3.35. The van der Waals surface area contributed by atoms with Crippen LogP contribution in [0.2, 0.25) is 5.02 Å². The van der Waals surface area contributed by atoms with Crippen LogP contribution < -0.4 is 4.90 Å². The third-order valence-corrected chi connectivity index (χ3v) is 4.93. The molecule has 0 bridgehead atoms. The first-order chi connectivity index (χ1) is 11.8. The van der Waals surface area contributed by atoms with Crippen LogP contribution in [0.25, 0.3) is 10.9 Å². The Labute approximate surface area is 147 Å². The Bertz CT molecular complexity index is 841. The van der Waals surface area contributed by atoms with Gasteiger partial charge in [-0.2, -0.15) is 0 Å². The van der Waals surface area contributed by atoms with Gasteiger partial charge >= 0.3 is 0 Å². The Kier molecular flexibility index (Phi) is 4.37. The Hall–Kier alpha value is -2.10. The van der Waals surface area contributed by atoms with Crippen molar-refractivity contribution in [2.75, 3.05) is 31.1 Å². The van der Waals surface area contributed by atoms with Gasteiger partial charge in [0, 0.05) is 38.1 Å². The largest absolute Gasteiger partial charge is 0.368 e. The maximum Gasteiger partial charge on any atom is 0.0705 e. The lowest BCUT2D eigenvalue weighted by Crippen LogP contribution is -2.46. The molecule has 0 N–H and O–H groups in total. The second-order valence-corrected chi connectivity index (χ2v) is 6.62. The lowest BCUT2D eigenvalue weighted by Gasteiger charge is -2.36. The zero-order chi connectivity index (χ0) is 16.4. The molecule has 2 heterocycles. The minimum Gasteiger partial charge on any atom is -0.368 e. The second-order valence-electron chi connectivity index (χ2n) is 6.21. The number of aromatic nitrogens is 1. The molecule has 1 saturated heterocycles. The number of pyridine rings is 1. The highest BCUT2D eigenvalue weighted by Gasteiger charge is 2.19. The molecule has 0 unspecified atom stereocenters. The highest BCUT2D eigenvalue weighted by molar-refractivity contribution is 6.33.